The molecule has 1 saturated heterocycles. The summed E-state index contributed by atoms with van der Waals surface area (Å²) in [7, 11) is 0. The molecule has 1 fully saturated rings. The lowest BCUT2D eigenvalue weighted by atomic mass is 10.1. The number of rotatable bonds is 7. The van der Waals surface area contributed by atoms with E-state index >= 15 is 0 Å². The van der Waals surface area contributed by atoms with Gasteiger partial charge in [0, 0.05) is 23.7 Å². The van der Waals surface area contributed by atoms with E-state index in [1.54, 1.807) is 30.5 Å². The van der Waals surface area contributed by atoms with E-state index in [1.165, 1.54) is 28.0 Å². The highest BCUT2D eigenvalue weighted by Crippen LogP contribution is 2.29. The smallest absolute Gasteiger partial charge is 0.414 e. The van der Waals surface area contributed by atoms with Gasteiger partial charge in [0.05, 0.1) is 37.8 Å². The Balaban J connectivity index is 1.44. The van der Waals surface area contributed by atoms with Crippen LogP contribution in [0.4, 0.5) is 14.9 Å². The third-order valence-electron chi connectivity index (χ3n) is 4.72. The molecule has 1 amide bonds. The van der Waals surface area contributed by atoms with Crippen molar-refractivity contribution in [2.24, 2.45) is 5.73 Å². The van der Waals surface area contributed by atoms with Gasteiger partial charge in [0.1, 0.15) is 11.9 Å². The van der Waals surface area contributed by atoms with E-state index in [1.807, 2.05) is 0 Å². The number of hydrogen-bond acceptors (Lipinski definition) is 8. The molecule has 1 aliphatic heterocycles. The van der Waals surface area contributed by atoms with Gasteiger partial charge in [-0.1, -0.05) is 5.21 Å². The Labute approximate surface area is 176 Å². The van der Waals surface area contributed by atoms with Crippen LogP contribution in [-0.2, 0) is 14.3 Å². The van der Waals surface area contributed by atoms with Gasteiger partial charge in [-0.05, 0) is 30.3 Å². The van der Waals surface area contributed by atoms with E-state index in [-0.39, 0.29) is 19.7 Å². The van der Waals surface area contributed by atoms with Crippen molar-refractivity contribution in [2.45, 2.75) is 12.5 Å². The normalized spacial score (nSPS) is 15.7. The maximum atomic E-state index is 14.8. The van der Waals surface area contributed by atoms with Crippen LogP contribution < -0.4 is 10.6 Å². The minimum Gasteiger partial charge on any atom is -0.465 e. The summed E-state index contributed by atoms with van der Waals surface area (Å²) in [6.45, 7) is 0.111. The molecule has 3 heterocycles. The summed E-state index contributed by atoms with van der Waals surface area (Å²) in [6.07, 6.45) is 4.02. The lowest BCUT2D eigenvalue weighted by Gasteiger charge is -2.14. The zero-order valence-electron chi connectivity index (χ0n) is 16.3. The number of amides is 1. The van der Waals surface area contributed by atoms with Crippen LogP contribution in [0.2, 0.25) is 0 Å². The molecule has 2 N–H and O–H groups in total. The summed E-state index contributed by atoms with van der Waals surface area (Å²) in [5, 5.41) is 7.58. The van der Waals surface area contributed by atoms with Gasteiger partial charge in [0.15, 0.2) is 5.82 Å². The average Bonchev–Trinajstić information content (AvgIpc) is 3.44. The molecular weight excluding hydrogens is 407 g/mol. The van der Waals surface area contributed by atoms with Crippen molar-refractivity contribution in [3.8, 4) is 16.9 Å². The quantitative estimate of drug-likeness (QED) is 0.566. The number of benzene rings is 1. The number of halogens is 1. The van der Waals surface area contributed by atoms with Crippen molar-refractivity contribution in [3.63, 3.8) is 0 Å². The lowest BCUT2D eigenvalue weighted by molar-refractivity contribution is -0.142. The van der Waals surface area contributed by atoms with Crippen LogP contribution in [0.15, 0.2) is 48.9 Å². The second-order valence-corrected chi connectivity index (χ2v) is 6.75. The van der Waals surface area contributed by atoms with Crippen LogP contribution in [-0.4, -0.2) is 57.8 Å². The fourth-order valence-corrected chi connectivity index (χ4v) is 3.16. The fraction of sp³-hybridized carbons (Fsp3) is 0.250. The molecular formula is C20H19FN6O4. The zero-order valence-corrected chi connectivity index (χ0v) is 16.3. The van der Waals surface area contributed by atoms with Gasteiger partial charge in [-0.25, -0.2) is 18.9 Å². The Morgan fingerprint density at radius 2 is 2.19 bits per heavy atom. The van der Waals surface area contributed by atoms with E-state index in [9.17, 15) is 14.0 Å². The first-order chi connectivity index (χ1) is 15.0. The second kappa shape index (κ2) is 8.88. The molecule has 0 bridgehead atoms. The van der Waals surface area contributed by atoms with Crippen molar-refractivity contribution < 1.29 is 23.5 Å². The number of carbonyl (C=O) groups is 2. The Bertz CT molecular complexity index is 1070. The average molecular weight is 426 g/mol. The minimum absolute atomic E-state index is 0.0900. The number of cyclic esters (lactones) is 1. The van der Waals surface area contributed by atoms with Crippen molar-refractivity contribution >= 4 is 17.7 Å². The summed E-state index contributed by atoms with van der Waals surface area (Å²) >= 11 is 0. The van der Waals surface area contributed by atoms with Gasteiger partial charge in [-0.3, -0.25) is 9.69 Å². The first-order valence-electron chi connectivity index (χ1n) is 9.51. The van der Waals surface area contributed by atoms with Gasteiger partial charge < -0.3 is 15.2 Å². The molecule has 11 heteroatoms. The van der Waals surface area contributed by atoms with E-state index < -0.39 is 24.0 Å². The Morgan fingerprint density at radius 3 is 2.87 bits per heavy atom. The summed E-state index contributed by atoms with van der Waals surface area (Å²) in [6, 6.07) is 7.93. The van der Waals surface area contributed by atoms with Gasteiger partial charge in [-0.2, -0.15) is 0 Å². The number of nitrogens with two attached hydrogens (primary N) is 1. The number of nitrogens with zero attached hydrogens (tertiary/aromatic N) is 5. The highest BCUT2D eigenvalue weighted by atomic mass is 19.1. The van der Waals surface area contributed by atoms with E-state index in [2.05, 4.69) is 15.3 Å². The number of aromatic nitrogens is 4. The van der Waals surface area contributed by atoms with Crippen LogP contribution >= 0.6 is 0 Å². The Hall–Kier alpha value is -3.86. The maximum Gasteiger partial charge on any atom is 0.414 e. The van der Waals surface area contributed by atoms with Crippen molar-refractivity contribution in [1.29, 1.82) is 0 Å². The van der Waals surface area contributed by atoms with Crippen LogP contribution in [0.25, 0.3) is 16.9 Å². The minimum atomic E-state index is -0.582. The highest BCUT2D eigenvalue weighted by molar-refractivity contribution is 5.90. The standard InChI is InChI=1S/C20H19FN6O4/c21-17-9-14(26-12-15(31-20(26)29)5-8-30-19(28)10-22)2-3-16(17)13-1-4-18(23-11-13)27-7-6-24-25-27/h1-4,6-7,9,11,15H,5,8,10,12,22H2/t15-/m1/s1. The molecule has 4 rings (SSSR count). The number of ether oxygens (including phenoxy) is 2. The first-order valence-corrected chi connectivity index (χ1v) is 9.51. The van der Waals surface area contributed by atoms with Crippen molar-refractivity contribution in [1.82, 2.24) is 20.0 Å². The highest BCUT2D eigenvalue weighted by Gasteiger charge is 2.32. The topological polar surface area (TPSA) is 125 Å². The van der Waals surface area contributed by atoms with E-state index in [0.717, 1.165) is 0 Å². The van der Waals surface area contributed by atoms with Crippen LogP contribution in [0.5, 0.6) is 0 Å². The molecule has 10 nitrogen and oxygen atoms in total. The summed E-state index contributed by atoms with van der Waals surface area (Å²) in [4.78, 5) is 28.9. The summed E-state index contributed by atoms with van der Waals surface area (Å²) < 4.78 is 26.5. The predicted molar refractivity (Wildman–Crippen MR) is 107 cm³/mol. The molecule has 3 aromatic rings. The van der Waals surface area contributed by atoms with E-state index in [4.69, 9.17) is 15.2 Å². The van der Waals surface area contributed by atoms with Gasteiger partial charge >= 0.3 is 12.1 Å². The molecule has 31 heavy (non-hydrogen) atoms. The molecule has 1 aliphatic rings. The zero-order chi connectivity index (χ0) is 21.8. The Morgan fingerprint density at radius 1 is 1.32 bits per heavy atom. The summed E-state index contributed by atoms with van der Waals surface area (Å²) in [5.74, 6) is -0.468. The second-order valence-electron chi connectivity index (χ2n) is 6.75. The van der Waals surface area contributed by atoms with Gasteiger partial charge in [0.2, 0.25) is 0 Å². The van der Waals surface area contributed by atoms with E-state index in [0.29, 0.717) is 29.1 Å². The van der Waals surface area contributed by atoms with Crippen molar-refractivity contribution in [2.75, 3.05) is 24.6 Å². The number of hydrogen-bond donors (Lipinski definition) is 1. The molecule has 0 radical (unpaired) electrons. The predicted octanol–water partition coefficient (Wildman–Crippen LogP) is 1.69. The molecule has 2 aromatic heterocycles. The van der Waals surface area contributed by atoms with Crippen LogP contribution in [0.1, 0.15) is 6.42 Å². The maximum absolute atomic E-state index is 14.8. The lowest BCUT2D eigenvalue weighted by Crippen LogP contribution is -2.25. The van der Waals surface area contributed by atoms with Crippen LogP contribution in [0.3, 0.4) is 0 Å². The fourth-order valence-electron chi connectivity index (χ4n) is 3.16. The number of anilines is 1. The van der Waals surface area contributed by atoms with Crippen molar-refractivity contribution in [3.05, 3.63) is 54.7 Å². The third kappa shape index (κ3) is 4.51. The molecule has 0 spiro atoms. The monoisotopic (exact) mass is 426 g/mol. The SMILES string of the molecule is NCC(=O)OCC[C@@H]1CN(c2ccc(-c3ccc(-n4ccnn4)nc3)c(F)c2)C(=O)O1. The number of esters is 1. The largest absolute Gasteiger partial charge is 0.465 e. The Kier molecular flexibility index (Phi) is 5.85. The first kappa shape index (κ1) is 20.4. The molecule has 0 unspecified atom stereocenters. The third-order valence-corrected chi connectivity index (χ3v) is 4.72. The van der Waals surface area contributed by atoms with Gasteiger partial charge in [0.25, 0.3) is 0 Å². The van der Waals surface area contributed by atoms with Gasteiger partial charge in [-0.15, -0.1) is 5.10 Å². The molecule has 1 atom stereocenters. The molecule has 0 saturated carbocycles. The number of carbonyl (C=O) groups excluding carboxylic acids is 2. The number of pyridine rings is 1. The molecule has 160 valence electrons. The van der Waals surface area contributed by atoms with Crippen LogP contribution in [0, 0.1) is 5.82 Å². The molecule has 1 aromatic carbocycles. The summed E-state index contributed by atoms with van der Waals surface area (Å²) in [5.41, 5.74) is 6.47. The molecule has 0 aliphatic carbocycles.